The lowest BCUT2D eigenvalue weighted by Gasteiger charge is -2.36. The Balaban J connectivity index is 1.82. The molecule has 17 heavy (non-hydrogen) atoms. The number of rotatable bonds is 2. The highest BCUT2D eigenvalue weighted by atomic mass is 16.7. The van der Waals surface area contributed by atoms with E-state index in [4.69, 9.17) is 9.47 Å². The maximum absolute atomic E-state index is 11.8. The summed E-state index contributed by atoms with van der Waals surface area (Å²) in [6.45, 7) is 5.79. The average Bonchev–Trinajstić information content (AvgIpc) is 2.47. The fourth-order valence-electron chi connectivity index (χ4n) is 2.17. The molecule has 2 N–H and O–H groups in total. The summed E-state index contributed by atoms with van der Waals surface area (Å²) < 4.78 is 11.1. The first kappa shape index (κ1) is 12.8. The van der Waals surface area contributed by atoms with E-state index in [0.717, 1.165) is 25.8 Å². The third kappa shape index (κ3) is 3.66. The fourth-order valence-corrected chi connectivity index (χ4v) is 2.17. The molecule has 98 valence electrons. The second kappa shape index (κ2) is 5.33. The van der Waals surface area contributed by atoms with Gasteiger partial charge in [-0.1, -0.05) is 0 Å². The van der Waals surface area contributed by atoms with E-state index < -0.39 is 5.79 Å². The SMILES string of the molecule is CC1(C)OCC(NC2CCCCNC2=O)CO1. The lowest BCUT2D eigenvalue weighted by atomic mass is 10.1. The van der Waals surface area contributed by atoms with Gasteiger partial charge in [0, 0.05) is 6.54 Å². The Kier molecular flexibility index (Phi) is 4.01. The van der Waals surface area contributed by atoms with Crippen molar-refractivity contribution in [2.45, 2.75) is 51.0 Å². The Morgan fingerprint density at radius 1 is 1.29 bits per heavy atom. The molecule has 1 amide bonds. The third-order valence-electron chi connectivity index (χ3n) is 3.24. The summed E-state index contributed by atoms with van der Waals surface area (Å²) in [5.41, 5.74) is 0. The first-order valence-electron chi connectivity index (χ1n) is 6.38. The van der Waals surface area contributed by atoms with E-state index in [-0.39, 0.29) is 18.0 Å². The standard InChI is InChI=1S/C12H22N2O3/c1-12(2)16-7-9(8-17-12)14-10-5-3-4-6-13-11(10)15/h9-10,14H,3-8H2,1-2H3,(H,13,15). The van der Waals surface area contributed by atoms with Crippen molar-refractivity contribution >= 4 is 5.91 Å². The minimum absolute atomic E-state index is 0.101. The van der Waals surface area contributed by atoms with Gasteiger partial charge in [-0.05, 0) is 33.1 Å². The zero-order valence-electron chi connectivity index (χ0n) is 10.6. The molecule has 0 aromatic rings. The molecule has 0 saturated carbocycles. The molecule has 0 bridgehead atoms. The molecule has 5 heteroatoms. The van der Waals surface area contributed by atoms with E-state index in [2.05, 4.69) is 10.6 Å². The minimum atomic E-state index is -0.496. The number of hydrogen-bond acceptors (Lipinski definition) is 4. The normalized spacial score (nSPS) is 30.7. The molecule has 2 heterocycles. The summed E-state index contributed by atoms with van der Waals surface area (Å²) in [6.07, 6.45) is 3.04. The lowest BCUT2D eigenvalue weighted by molar-refractivity contribution is -0.253. The predicted molar refractivity (Wildman–Crippen MR) is 63.6 cm³/mol. The van der Waals surface area contributed by atoms with Crippen molar-refractivity contribution < 1.29 is 14.3 Å². The third-order valence-corrected chi connectivity index (χ3v) is 3.24. The van der Waals surface area contributed by atoms with Gasteiger partial charge in [0.1, 0.15) is 0 Å². The van der Waals surface area contributed by atoms with Gasteiger partial charge in [-0.15, -0.1) is 0 Å². The van der Waals surface area contributed by atoms with E-state index in [1.165, 1.54) is 0 Å². The summed E-state index contributed by atoms with van der Waals surface area (Å²) in [5.74, 6) is -0.392. The van der Waals surface area contributed by atoms with Crippen LogP contribution in [0.3, 0.4) is 0 Å². The summed E-state index contributed by atoms with van der Waals surface area (Å²) in [4.78, 5) is 11.8. The summed E-state index contributed by atoms with van der Waals surface area (Å²) in [6, 6.07) is 0.00721. The number of amides is 1. The van der Waals surface area contributed by atoms with E-state index in [1.54, 1.807) is 0 Å². The van der Waals surface area contributed by atoms with Gasteiger partial charge in [0.15, 0.2) is 5.79 Å². The number of ether oxygens (including phenoxy) is 2. The Bertz CT molecular complexity index is 271. The van der Waals surface area contributed by atoms with Crippen molar-refractivity contribution in [1.82, 2.24) is 10.6 Å². The molecule has 0 spiro atoms. The van der Waals surface area contributed by atoms with Gasteiger partial charge in [-0.2, -0.15) is 0 Å². The van der Waals surface area contributed by atoms with E-state index in [1.807, 2.05) is 13.8 Å². The van der Waals surface area contributed by atoms with Gasteiger partial charge >= 0.3 is 0 Å². The number of hydrogen-bond donors (Lipinski definition) is 2. The number of carbonyl (C=O) groups excluding carboxylic acids is 1. The molecule has 2 aliphatic rings. The van der Waals surface area contributed by atoms with Crippen LogP contribution in [0.15, 0.2) is 0 Å². The van der Waals surface area contributed by atoms with Crippen LogP contribution in [0.5, 0.6) is 0 Å². The number of carbonyl (C=O) groups is 1. The average molecular weight is 242 g/mol. The van der Waals surface area contributed by atoms with Crippen molar-refractivity contribution in [1.29, 1.82) is 0 Å². The highest BCUT2D eigenvalue weighted by Gasteiger charge is 2.31. The van der Waals surface area contributed by atoms with E-state index in [9.17, 15) is 4.79 Å². The molecule has 0 aromatic carbocycles. The van der Waals surface area contributed by atoms with Crippen molar-refractivity contribution in [3.05, 3.63) is 0 Å². The first-order chi connectivity index (χ1) is 8.07. The molecule has 1 unspecified atom stereocenters. The summed E-state index contributed by atoms with van der Waals surface area (Å²) >= 11 is 0. The molecule has 2 fully saturated rings. The Morgan fingerprint density at radius 3 is 2.71 bits per heavy atom. The molecule has 0 aliphatic carbocycles. The maximum atomic E-state index is 11.8. The Morgan fingerprint density at radius 2 is 2.00 bits per heavy atom. The first-order valence-corrected chi connectivity index (χ1v) is 6.38. The van der Waals surface area contributed by atoms with Gasteiger partial charge in [0.25, 0.3) is 0 Å². The minimum Gasteiger partial charge on any atom is -0.355 e. The van der Waals surface area contributed by atoms with Crippen LogP contribution in [0, 0.1) is 0 Å². The highest BCUT2D eigenvalue weighted by Crippen LogP contribution is 2.17. The number of nitrogens with one attached hydrogen (secondary N) is 2. The van der Waals surface area contributed by atoms with Crippen LogP contribution in [0.25, 0.3) is 0 Å². The summed E-state index contributed by atoms with van der Waals surface area (Å²) in [5, 5.41) is 6.24. The molecule has 0 aromatic heterocycles. The quantitative estimate of drug-likeness (QED) is 0.735. The molecule has 2 rings (SSSR count). The monoisotopic (exact) mass is 242 g/mol. The van der Waals surface area contributed by atoms with E-state index in [0.29, 0.717) is 13.2 Å². The van der Waals surface area contributed by atoms with Gasteiger partial charge in [0.2, 0.25) is 5.91 Å². The zero-order valence-corrected chi connectivity index (χ0v) is 10.6. The second-order valence-corrected chi connectivity index (χ2v) is 5.22. The van der Waals surface area contributed by atoms with Crippen molar-refractivity contribution in [3.63, 3.8) is 0 Å². The van der Waals surface area contributed by atoms with Gasteiger partial charge in [-0.3, -0.25) is 10.1 Å². The van der Waals surface area contributed by atoms with Crippen LogP contribution >= 0.6 is 0 Å². The molecule has 2 saturated heterocycles. The second-order valence-electron chi connectivity index (χ2n) is 5.22. The lowest BCUT2D eigenvalue weighted by Crippen LogP contribution is -2.54. The fraction of sp³-hybridized carbons (Fsp3) is 0.917. The van der Waals surface area contributed by atoms with Gasteiger partial charge in [0.05, 0.1) is 25.3 Å². The molecular weight excluding hydrogens is 220 g/mol. The van der Waals surface area contributed by atoms with Gasteiger partial charge < -0.3 is 14.8 Å². The molecule has 0 radical (unpaired) electrons. The predicted octanol–water partition coefficient (Wildman–Crippen LogP) is 0.396. The Hall–Kier alpha value is -0.650. The smallest absolute Gasteiger partial charge is 0.237 e. The van der Waals surface area contributed by atoms with Crippen LogP contribution in [-0.4, -0.2) is 43.5 Å². The zero-order chi connectivity index (χ0) is 12.3. The molecule has 5 nitrogen and oxygen atoms in total. The van der Waals surface area contributed by atoms with Crippen molar-refractivity contribution in [2.75, 3.05) is 19.8 Å². The summed E-state index contributed by atoms with van der Waals surface area (Å²) in [7, 11) is 0. The van der Waals surface area contributed by atoms with Crippen molar-refractivity contribution in [2.24, 2.45) is 0 Å². The molecule has 2 aliphatic heterocycles. The maximum Gasteiger partial charge on any atom is 0.237 e. The molecule has 1 atom stereocenters. The van der Waals surface area contributed by atoms with Crippen molar-refractivity contribution in [3.8, 4) is 0 Å². The topological polar surface area (TPSA) is 59.6 Å². The Labute approximate surface area is 102 Å². The van der Waals surface area contributed by atoms with Crippen LogP contribution in [0.2, 0.25) is 0 Å². The van der Waals surface area contributed by atoms with Crippen LogP contribution < -0.4 is 10.6 Å². The van der Waals surface area contributed by atoms with Crippen LogP contribution in [-0.2, 0) is 14.3 Å². The largest absolute Gasteiger partial charge is 0.355 e. The van der Waals surface area contributed by atoms with Crippen LogP contribution in [0.1, 0.15) is 33.1 Å². The van der Waals surface area contributed by atoms with Gasteiger partial charge in [-0.25, -0.2) is 0 Å². The van der Waals surface area contributed by atoms with E-state index >= 15 is 0 Å². The van der Waals surface area contributed by atoms with Crippen LogP contribution in [0.4, 0.5) is 0 Å². The highest BCUT2D eigenvalue weighted by molar-refractivity contribution is 5.81. The molecular formula is C12H22N2O3.